The second kappa shape index (κ2) is 8.57. The normalized spacial score (nSPS) is 14.5. The van der Waals surface area contributed by atoms with Crippen LogP contribution in [0.5, 0.6) is 0 Å². The molecule has 0 N–H and O–H groups in total. The summed E-state index contributed by atoms with van der Waals surface area (Å²) in [5, 5.41) is 0. The molecule has 132 valence electrons. The van der Waals surface area contributed by atoms with Crippen LogP contribution in [0.25, 0.3) is 0 Å². The first kappa shape index (κ1) is 18.1. The first-order valence-electron chi connectivity index (χ1n) is 8.66. The highest BCUT2D eigenvalue weighted by atomic mass is 16.6. The van der Waals surface area contributed by atoms with E-state index >= 15 is 0 Å². The second-order valence-electron chi connectivity index (χ2n) is 5.70. The molecule has 1 fully saturated rings. The van der Waals surface area contributed by atoms with Crippen LogP contribution in [0, 0.1) is 0 Å². The smallest absolute Gasteiger partial charge is 0.409 e. The SMILES string of the molecule is CCOC(=O)N1CCN(C(=O)c2ccc(N(CC)CC)cc2)CC1. The summed E-state index contributed by atoms with van der Waals surface area (Å²) in [7, 11) is 0. The zero-order valence-corrected chi connectivity index (χ0v) is 14.8. The first-order chi connectivity index (χ1) is 11.6. The number of nitrogens with zero attached hydrogens (tertiary/aromatic N) is 3. The lowest BCUT2D eigenvalue weighted by Crippen LogP contribution is -2.50. The average molecular weight is 333 g/mol. The second-order valence-corrected chi connectivity index (χ2v) is 5.70. The van der Waals surface area contributed by atoms with Gasteiger partial charge in [-0.25, -0.2) is 4.79 Å². The van der Waals surface area contributed by atoms with E-state index in [0.29, 0.717) is 38.3 Å². The van der Waals surface area contributed by atoms with Crippen molar-refractivity contribution < 1.29 is 14.3 Å². The van der Waals surface area contributed by atoms with E-state index in [0.717, 1.165) is 18.8 Å². The monoisotopic (exact) mass is 333 g/mol. The third kappa shape index (κ3) is 4.19. The maximum Gasteiger partial charge on any atom is 0.409 e. The minimum atomic E-state index is -0.298. The molecule has 2 rings (SSSR count). The van der Waals surface area contributed by atoms with Crippen molar-refractivity contribution >= 4 is 17.7 Å². The molecule has 24 heavy (non-hydrogen) atoms. The van der Waals surface area contributed by atoms with Gasteiger partial charge in [-0.2, -0.15) is 0 Å². The fourth-order valence-corrected chi connectivity index (χ4v) is 2.89. The average Bonchev–Trinajstić information content (AvgIpc) is 2.63. The van der Waals surface area contributed by atoms with E-state index in [2.05, 4.69) is 18.7 Å². The molecule has 0 bridgehead atoms. The minimum Gasteiger partial charge on any atom is -0.450 e. The zero-order valence-electron chi connectivity index (χ0n) is 14.8. The van der Waals surface area contributed by atoms with Gasteiger partial charge in [0.1, 0.15) is 0 Å². The summed E-state index contributed by atoms with van der Waals surface area (Å²) in [5.41, 5.74) is 1.82. The van der Waals surface area contributed by atoms with Gasteiger partial charge in [0.15, 0.2) is 0 Å². The van der Waals surface area contributed by atoms with Crippen LogP contribution in [-0.4, -0.2) is 67.7 Å². The molecule has 6 heteroatoms. The molecule has 0 atom stereocenters. The van der Waals surface area contributed by atoms with Crippen molar-refractivity contribution in [2.45, 2.75) is 20.8 Å². The van der Waals surface area contributed by atoms with Crippen LogP contribution >= 0.6 is 0 Å². The Hall–Kier alpha value is -2.24. The maximum absolute atomic E-state index is 12.6. The van der Waals surface area contributed by atoms with Gasteiger partial charge >= 0.3 is 6.09 Å². The summed E-state index contributed by atoms with van der Waals surface area (Å²) in [6.07, 6.45) is -0.298. The van der Waals surface area contributed by atoms with Gasteiger partial charge in [-0.1, -0.05) is 0 Å². The highest BCUT2D eigenvalue weighted by molar-refractivity contribution is 5.94. The van der Waals surface area contributed by atoms with E-state index in [9.17, 15) is 9.59 Å². The maximum atomic E-state index is 12.6. The van der Waals surface area contributed by atoms with Gasteiger partial charge in [0.2, 0.25) is 0 Å². The summed E-state index contributed by atoms with van der Waals surface area (Å²) in [6, 6.07) is 7.76. The van der Waals surface area contributed by atoms with Gasteiger partial charge in [-0.15, -0.1) is 0 Å². The molecule has 1 saturated heterocycles. The Labute approximate surface area is 144 Å². The van der Waals surface area contributed by atoms with E-state index < -0.39 is 0 Å². The number of anilines is 1. The van der Waals surface area contributed by atoms with Crippen LogP contribution in [-0.2, 0) is 4.74 Å². The molecule has 1 heterocycles. The van der Waals surface area contributed by atoms with Crippen LogP contribution in [0.2, 0.25) is 0 Å². The van der Waals surface area contributed by atoms with Crippen molar-refractivity contribution in [1.82, 2.24) is 9.80 Å². The van der Waals surface area contributed by atoms with Crippen LogP contribution in [0.1, 0.15) is 31.1 Å². The lowest BCUT2D eigenvalue weighted by Gasteiger charge is -2.34. The molecule has 0 radical (unpaired) electrons. The number of amides is 2. The lowest BCUT2D eigenvalue weighted by molar-refractivity contribution is 0.0570. The molecule has 0 spiro atoms. The van der Waals surface area contributed by atoms with Crippen molar-refractivity contribution in [2.24, 2.45) is 0 Å². The van der Waals surface area contributed by atoms with E-state index in [1.54, 1.807) is 16.7 Å². The van der Waals surface area contributed by atoms with Crippen LogP contribution in [0.15, 0.2) is 24.3 Å². The molecule has 1 aromatic rings. The van der Waals surface area contributed by atoms with E-state index in [-0.39, 0.29) is 12.0 Å². The Morgan fingerprint density at radius 3 is 2.00 bits per heavy atom. The summed E-state index contributed by atoms with van der Waals surface area (Å²) in [5.74, 6) is 0.0182. The van der Waals surface area contributed by atoms with Gasteiger partial charge in [-0.3, -0.25) is 4.79 Å². The molecular weight excluding hydrogens is 306 g/mol. The van der Waals surface area contributed by atoms with Gasteiger partial charge in [0.25, 0.3) is 5.91 Å². The molecule has 2 amide bonds. The first-order valence-corrected chi connectivity index (χ1v) is 8.66. The number of carbonyl (C=O) groups is 2. The fourth-order valence-electron chi connectivity index (χ4n) is 2.89. The van der Waals surface area contributed by atoms with Gasteiger partial charge in [-0.05, 0) is 45.0 Å². The molecule has 1 aromatic carbocycles. The molecule has 0 unspecified atom stereocenters. The number of piperazine rings is 1. The van der Waals surface area contributed by atoms with Crippen molar-refractivity contribution in [3.63, 3.8) is 0 Å². The summed E-state index contributed by atoms with van der Waals surface area (Å²) < 4.78 is 5.00. The topological polar surface area (TPSA) is 53.1 Å². The number of hydrogen-bond acceptors (Lipinski definition) is 4. The Bertz CT molecular complexity index is 547. The summed E-state index contributed by atoms with van der Waals surface area (Å²) in [6.45, 7) is 10.4. The number of hydrogen-bond donors (Lipinski definition) is 0. The van der Waals surface area contributed by atoms with E-state index in [4.69, 9.17) is 4.74 Å². The van der Waals surface area contributed by atoms with Gasteiger partial charge < -0.3 is 19.4 Å². The van der Waals surface area contributed by atoms with E-state index in [1.807, 2.05) is 24.3 Å². The van der Waals surface area contributed by atoms with E-state index in [1.165, 1.54) is 0 Å². The Morgan fingerprint density at radius 2 is 1.50 bits per heavy atom. The standard InChI is InChI=1S/C18H27N3O3/c1-4-19(5-2)16-9-7-15(8-10-16)17(22)20-11-13-21(14-12-20)18(23)24-6-3/h7-10H,4-6,11-14H2,1-3H3. The van der Waals surface area contributed by atoms with Crippen LogP contribution in [0.3, 0.4) is 0 Å². The largest absolute Gasteiger partial charge is 0.450 e. The summed E-state index contributed by atoms with van der Waals surface area (Å²) >= 11 is 0. The Balaban J connectivity index is 1.94. The van der Waals surface area contributed by atoms with Gasteiger partial charge in [0.05, 0.1) is 6.61 Å². The lowest BCUT2D eigenvalue weighted by atomic mass is 10.1. The molecule has 1 aliphatic rings. The Kier molecular flexibility index (Phi) is 6.46. The molecule has 6 nitrogen and oxygen atoms in total. The highest BCUT2D eigenvalue weighted by Gasteiger charge is 2.25. The fraction of sp³-hybridized carbons (Fsp3) is 0.556. The van der Waals surface area contributed by atoms with Crippen molar-refractivity contribution in [1.29, 1.82) is 0 Å². The highest BCUT2D eigenvalue weighted by Crippen LogP contribution is 2.17. The molecule has 0 saturated carbocycles. The molecular formula is C18H27N3O3. The number of ether oxygens (including phenoxy) is 1. The van der Waals surface area contributed by atoms with Crippen LogP contribution < -0.4 is 4.90 Å². The number of rotatable bonds is 5. The quantitative estimate of drug-likeness (QED) is 0.830. The van der Waals surface area contributed by atoms with Crippen molar-refractivity contribution in [3.05, 3.63) is 29.8 Å². The third-order valence-electron chi connectivity index (χ3n) is 4.34. The Morgan fingerprint density at radius 1 is 0.958 bits per heavy atom. The molecule has 0 aromatic heterocycles. The third-order valence-corrected chi connectivity index (χ3v) is 4.34. The predicted molar refractivity (Wildman–Crippen MR) is 94.5 cm³/mol. The molecule has 1 aliphatic heterocycles. The predicted octanol–water partition coefficient (Wildman–Crippen LogP) is 2.45. The number of benzene rings is 1. The molecule has 0 aliphatic carbocycles. The van der Waals surface area contributed by atoms with Crippen molar-refractivity contribution in [3.8, 4) is 0 Å². The number of carbonyl (C=O) groups excluding carboxylic acids is 2. The van der Waals surface area contributed by atoms with Crippen LogP contribution in [0.4, 0.5) is 10.5 Å². The van der Waals surface area contributed by atoms with Crippen molar-refractivity contribution in [2.75, 3.05) is 50.8 Å². The van der Waals surface area contributed by atoms with Gasteiger partial charge in [0, 0.05) is 50.5 Å². The summed E-state index contributed by atoms with van der Waals surface area (Å²) in [4.78, 5) is 30.0. The minimum absolute atomic E-state index is 0.0182. The zero-order chi connectivity index (χ0) is 17.5.